The van der Waals surface area contributed by atoms with Gasteiger partial charge in [-0.15, -0.1) is 0 Å². The Bertz CT molecular complexity index is 1140. The molecule has 0 fully saturated rings. The highest BCUT2D eigenvalue weighted by molar-refractivity contribution is 7.92. The zero-order valence-electron chi connectivity index (χ0n) is 17.5. The molecular formula is C21H28N2O4S2. The van der Waals surface area contributed by atoms with E-state index in [-0.39, 0.29) is 12.3 Å². The Balaban J connectivity index is 1.96. The second-order valence-electron chi connectivity index (χ2n) is 7.66. The van der Waals surface area contributed by atoms with Crippen LogP contribution in [0.15, 0.2) is 29.2 Å². The molecule has 1 aliphatic rings. The quantitative estimate of drug-likeness (QED) is 0.778. The summed E-state index contributed by atoms with van der Waals surface area (Å²) in [6.07, 6.45) is 0.622. The third-order valence-electron chi connectivity index (χ3n) is 5.76. The van der Waals surface area contributed by atoms with Crippen molar-refractivity contribution < 1.29 is 16.8 Å². The molecule has 2 aromatic carbocycles. The summed E-state index contributed by atoms with van der Waals surface area (Å²) in [6.45, 7) is 9.79. The van der Waals surface area contributed by atoms with E-state index in [9.17, 15) is 16.8 Å². The Morgan fingerprint density at radius 3 is 2.14 bits per heavy atom. The van der Waals surface area contributed by atoms with Gasteiger partial charge in [-0.05, 0) is 86.6 Å². The number of aryl methyl sites for hydroxylation is 2. The van der Waals surface area contributed by atoms with Crippen molar-refractivity contribution in [1.29, 1.82) is 0 Å². The number of sulfonamides is 2. The average Bonchev–Trinajstić information content (AvgIpc) is 2.65. The molecule has 0 unspecified atom stereocenters. The largest absolute Gasteiger partial charge is 0.280 e. The number of nitrogens with one attached hydrogen (secondary N) is 1. The van der Waals surface area contributed by atoms with Crippen LogP contribution in [0.5, 0.6) is 0 Å². The molecule has 1 aliphatic heterocycles. The van der Waals surface area contributed by atoms with Gasteiger partial charge in [0.25, 0.3) is 10.0 Å². The van der Waals surface area contributed by atoms with Gasteiger partial charge < -0.3 is 0 Å². The van der Waals surface area contributed by atoms with Gasteiger partial charge in [-0.1, -0.05) is 12.1 Å². The molecule has 1 N–H and O–H groups in total. The van der Waals surface area contributed by atoms with Gasteiger partial charge in [-0.2, -0.15) is 4.31 Å². The molecule has 6 nitrogen and oxygen atoms in total. The lowest BCUT2D eigenvalue weighted by Crippen LogP contribution is -2.36. The van der Waals surface area contributed by atoms with Crippen molar-refractivity contribution in [2.45, 2.75) is 52.5 Å². The Kier molecular flexibility index (Phi) is 5.82. The van der Waals surface area contributed by atoms with E-state index in [1.165, 1.54) is 4.31 Å². The van der Waals surface area contributed by atoms with Crippen molar-refractivity contribution in [3.63, 3.8) is 0 Å². The van der Waals surface area contributed by atoms with Crippen LogP contribution >= 0.6 is 0 Å². The minimum Gasteiger partial charge on any atom is -0.280 e. The van der Waals surface area contributed by atoms with E-state index < -0.39 is 20.0 Å². The molecule has 1 heterocycles. The lowest BCUT2D eigenvalue weighted by Gasteiger charge is -2.28. The minimum absolute atomic E-state index is 0.0555. The fourth-order valence-electron chi connectivity index (χ4n) is 3.80. The number of nitrogens with zero attached hydrogens (tertiary/aromatic N) is 1. The van der Waals surface area contributed by atoms with Crippen LogP contribution in [0.1, 0.15) is 40.3 Å². The number of benzene rings is 2. The molecule has 0 aromatic heterocycles. The van der Waals surface area contributed by atoms with Crippen molar-refractivity contribution in [2.75, 3.05) is 17.0 Å². The lowest BCUT2D eigenvalue weighted by molar-refractivity contribution is 0.392. The highest BCUT2D eigenvalue weighted by atomic mass is 32.2. The van der Waals surface area contributed by atoms with Gasteiger partial charge in [0, 0.05) is 18.8 Å². The Labute approximate surface area is 174 Å². The number of hydrogen-bond acceptors (Lipinski definition) is 4. The molecule has 0 saturated carbocycles. The van der Waals surface area contributed by atoms with Gasteiger partial charge in [-0.3, -0.25) is 4.72 Å². The maximum atomic E-state index is 13.2. The predicted octanol–water partition coefficient (Wildman–Crippen LogP) is 3.43. The number of anilines is 1. The topological polar surface area (TPSA) is 83.6 Å². The van der Waals surface area contributed by atoms with E-state index in [4.69, 9.17) is 0 Å². The van der Waals surface area contributed by atoms with Crippen LogP contribution < -0.4 is 4.72 Å². The SMILES string of the molecule is CCS(=O)(=O)N1CCc2ccc(NS(=O)(=O)c3c(C)c(C)cc(C)c3C)cc2C1. The van der Waals surface area contributed by atoms with Crippen LogP contribution in [0.4, 0.5) is 5.69 Å². The zero-order chi connectivity index (χ0) is 21.6. The fraction of sp³-hybridized carbons (Fsp3) is 0.429. The van der Waals surface area contributed by atoms with Gasteiger partial charge in [0.1, 0.15) is 0 Å². The van der Waals surface area contributed by atoms with Gasteiger partial charge in [0.2, 0.25) is 10.0 Å². The van der Waals surface area contributed by atoms with Crippen molar-refractivity contribution in [3.8, 4) is 0 Å². The molecule has 3 rings (SSSR count). The van der Waals surface area contributed by atoms with Crippen molar-refractivity contribution in [1.82, 2.24) is 4.31 Å². The van der Waals surface area contributed by atoms with Crippen molar-refractivity contribution in [3.05, 3.63) is 57.6 Å². The van der Waals surface area contributed by atoms with Crippen LogP contribution in [-0.2, 0) is 33.0 Å². The fourth-order valence-corrected chi connectivity index (χ4v) is 6.54. The summed E-state index contributed by atoms with van der Waals surface area (Å²) in [5.41, 5.74) is 5.66. The molecule has 29 heavy (non-hydrogen) atoms. The van der Waals surface area contributed by atoms with Crippen LogP contribution in [-0.4, -0.2) is 33.4 Å². The highest BCUT2D eigenvalue weighted by Gasteiger charge is 2.26. The van der Waals surface area contributed by atoms with Crippen LogP contribution in [0.2, 0.25) is 0 Å². The molecule has 8 heteroatoms. The molecule has 0 atom stereocenters. The van der Waals surface area contributed by atoms with Crippen LogP contribution in [0, 0.1) is 27.7 Å². The summed E-state index contributed by atoms with van der Waals surface area (Å²) >= 11 is 0. The Morgan fingerprint density at radius 2 is 1.55 bits per heavy atom. The normalized spacial score (nSPS) is 15.2. The molecule has 0 radical (unpaired) electrons. The second kappa shape index (κ2) is 7.74. The van der Waals surface area contributed by atoms with Crippen LogP contribution in [0.25, 0.3) is 0 Å². The summed E-state index contributed by atoms with van der Waals surface area (Å²) < 4.78 is 54.9. The highest BCUT2D eigenvalue weighted by Crippen LogP contribution is 2.30. The third-order valence-corrected chi connectivity index (χ3v) is 9.24. The van der Waals surface area contributed by atoms with E-state index in [0.717, 1.165) is 33.4 Å². The number of rotatable bonds is 5. The second-order valence-corrected chi connectivity index (χ2v) is 11.5. The summed E-state index contributed by atoms with van der Waals surface area (Å²) in [5.74, 6) is 0.0555. The summed E-state index contributed by atoms with van der Waals surface area (Å²) in [7, 11) is -7.06. The first-order valence-electron chi connectivity index (χ1n) is 9.66. The smallest absolute Gasteiger partial charge is 0.262 e. The summed E-state index contributed by atoms with van der Waals surface area (Å²) in [6, 6.07) is 7.36. The van der Waals surface area contributed by atoms with Gasteiger partial charge >= 0.3 is 0 Å². The molecule has 2 aromatic rings. The van der Waals surface area contributed by atoms with E-state index in [2.05, 4.69) is 4.72 Å². The van der Waals surface area contributed by atoms with Crippen molar-refractivity contribution in [2.24, 2.45) is 0 Å². The van der Waals surface area contributed by atoms with Gasteiger partial charge in [-0.25, -0.2) is 16.8 Å². The predicted molar refractivity (Wildman–Crippen MR) is 116 cm³/mol. The number of hydrogen-bond donors (Lipinski definition) is 1. The van der Waals surface area contributed by atoms with E-state index in [1.807, 2.05) is 39.8 Å². The first kappa shape index (κ1) is 21.8. The molecule has 158 valence electrons. The van der Waals surface area contributed by atoms with E-state index in [1.54, 1.807) is 19.1 Å². The maximum Gasteiger partial charge on any atom is 0.262 e. The maximum absolute atomic E-state index is 13.2. The first-order chi connectivity index (χ1) is 13.5. The third kappa shape index (κ3) is 4.20. The van der Waals surface area contributed by atoms with E-state index in [0.29, 0.717) is 23.5 Å². The zero-order valence-corrected chi connectivity index (χ0v) is 19.2. The standard InChI is InChI=1S/C21H28N2O4S2/c1-6-28(24,25)23-10-9-18-7-8-20(12-19(18)13-23)22-29(26,27)21-16(4)14(2)11-15(3)17(21)5/h7-8,11-12,22H,6,9-10,13H2,1-5H3. The van der Waals surface area contributed by atoms with Gasteiger partial charge in [0.05, 0.1) is 10.6 Å². The summed E-state index contributed by atoms with van der Waals surface area (Å²) in [5, 5.41) is 0. The molecule has 0 bridgehead atoms. The lowest BCUT2D eigenvalue weighted by atomic mass is 10.0. The molecule has 0 spiro atoms. The average molecular weight is 437 g/mol. The molecule has 0 amide bonds. The number of fused-ring (bicyclic) bond motifs is 1. The Morgan fingerprint density at radius 1 is 0.931 bits per heavy atom. The molecular weight excluding hydrogens is 408 g/mol. The van der Waals surface area contributed by atoms with Gasteiger partial charge in [0.15, 0.2) is 0 Å². The van der Waals surface area contributed by atoms with E-state index >= 15 is 0 Å². The molecule has 0 aliphatic carbocycles. The van der Waals surface area contributed by atoms with Crippen LogP contribution in [0.3, 0.4) is 0 Å². The minimum atomic E-state index is -3.77. The summed E-state index contributed by atoms with van der Waals surface area (Å²) in [4.78, 5) is 0.308. The molecule has 0 saturated heterocycles. The van der Waals surface area contributed by atoms with Crippen molar-refractivity contribution >= 4 is 25.7 Å². The monoisotopic (exact) mass is 436 g/mol. The Hall–Kier alpha value is -1.90. The first-order valence-corrected chi connectivity index (χ1v) is 12.8.